The number of rotatable bonds is 0. The standard InChI is InChI=1S/C6H14N2.C5H11NO.C5H11N/c1-7-3-5-8(2)6-4-7;1-6-2-4-7-5-3-6;1-6-4-2-3-5-6/h3-6H2,1-2H3;2-5H2,1H3;2-5H2,1H3. The van der Waals surface area contributed by atoms with Crippen molar-refractivity contribution in [2.45, 2.75) is 12.8 Å². The van der Waals surface area contributed by atoms with Gasteiger partial charge in [0, 0.05) is 39.3 Å². The van der Waals surface area contributed by atoms with Crippen molar-refractivity contribution < 1.29 is 4.74 Å². The molecule has 0 aromatic carbocycles. The number of piperazine rings is 1. The summed E-state index contributed by atoms with van der Waals surface area (Å²) in [5.41, 5.74) is 0. The van der Waals surface area contributed by atoms with E-state index >= 15 is 0 Å². The molecular formula is C16H36N4O. The van der Waals surface area contributed by atoms with Crippen molar-refractivity contribution >= 4 is 0 Å². The fourth-order valence-electron chi connectivity index (χ4n) is 2.44. The van der Waals surface area contributed by atoms with Crippen LogP contribution < -0.4 is 0 Å². The Morgan fingerprint density at radius 2 is 0.810 bits per heavy atom. The summed E-state index contributed by atoms with van der Waals surface area (Å²) in [7, 11) is 8.63. The van der Waals surface area contributed by atoms with Gasteiger partial charge in [0.2, 0.25) is 0 Å². The van der Waals surface area contributed by atoms with Gasteiger partial charge in [0.15, 0.2) is 0 Å². The van der Waals surface area contributed by atoms with Gasteiger partial charge in [0.05, 0.1) is 13.2 Å². The SMILES string of the molecule is CN1CCCC1.CN1CCN(C)CC1.CN1CCOCC1. The molecule has 126 valence electrons. The molecule has 3 saturated heterocycles. The summed E-state index contributed by atoms with van der Waals surface area (Å²) < 4.78 is 5.10. The highest BCUT2D eigenvalue weighted by molar-refractivity contribution is 4.64. The van der Waals surface area contributed by atoms with E-state index in [1.807, 2.05) is 0 Å². The normalized spacial score (nSPS) is 25.7. The summed E-state index contributed by atoms with van der Waals surface area (Å²) in [5.74, 6) is 0. The number of likely N-dealkylation sites (tertiary alicyclic amines) is 1. The number of likely N-dealkylation sites (N-methyl/N-ethyl adjacent to an activating group) is 3. The van der Waals surface area contributed by atoms with Gasteiger partial charge in [0.25, 0.3) is 0 Å². The number of hydrogen-bond donors (Lipinski definition) is 0. The maximum absolute atomic E-state index is 5.10. The fraction of sp³-hybridized carbons (Fsp3) is 1.00. The molecule has 0 aromatic rings. The largest absolute Gasteiger partial charge is 0.379 e. The van der Waals surface area contributed by atoms with Crippen molar-refractivity contribution in [2.75, 3.05) is 93.8 Å². The van der Waals surface area contributed by atoms with E-state index in [0.29, 0.717) is 0 Å². The summed E-state index contributed by atoms with van der Waals surface area (Å²) >= 11 is 0. The predicted molar refractivity (Wildman–Crippen MR) is 90.0 cm³/mol. The smallest absolute Gasteiger partial charge is 0.0594 e. The number of morpholine rings is 1. The van der Waals surface area contributed by atoms with Gasteiger partial charge >= 0.3 is 0 Å². The fourth-order valence-corrected chi connectivity index (χ4v) is 2.44. The van der Waals surface area contributed by atoms with E-state index in [4.69, 9.17) is 4.74 Å². The molecule has 0 radical (unpaired) electrons. The second kappa shape index (κ2) is 11.4. The Morgan fingerprint density at radius 3 is 1.05 bits per heavy atom. The van der Waals surface area contributed by atoms with Crippen LogP contribution in [0.4, 0.5) is 0 Å². The zero-order valence-corrected chi connectivity index (χ0v) is 14.7. The summed E-state index contributed by atoms with van der Waals surface area (Å²) in [6.45, 7) is 11.6. The summed E-state index contributed by atoms with van der Waals surface area (Å²) in [4.78, 5) is 9.35. The van der Waals surface area contributed by atoms with Crippen LogP contribution in [0.15, 0.2) is 0 Å². The lowest BCUT2D eigenvalue weighted by molar-refractivity contribution is 0.0503. The highest BCUT2D eigenvalue weighted by atomic mass is 16.5. The third-order valence-corrected chi connectivity index (χ3v) is 4.29. The van der Waals surface area contributed by atoms with E-state index in [0.717, 1.165) is 26.3 Å². The molecule has 0 amide bonds. The summed E-state index contributed by atoms with van der Waals surface area (Å²) in [6, 6.07) is 0. The van der Waals surface area contributed by atoms with Gasteiger partial charge in [-0.05, 0) is 54.1 Å². The third kappa shape index (κ3) is 10.2. The number of ether oxygens (including phenoxy) is 1. The first kappa shape index (κ1) is 18.8. The van der Waals surface area contributed by atoms with E-state index in [-0.39, 0.29) is 0 Å². The molecule has 0 aliphatic carbocycles. The lowest BCUT2D eigenvalue weighted by Gasteiger charge is -2.28. The van der Waals surface area contributed by atoms with Gasteiger partial charge in [-0.25, -0.2) is 0 Å². The van der Waals surface area contributed by atoms with Crippen LogP contribution in [0.25, 0.3) is 0 Å². The van der Waals surface area contributed by atoms with Crippen molar-refractivity contribution in [1.82, 2.24) is 19.6 Å². The molecule has 3 aliphatic heterocycles. The van der Waals surface area contributed by atoms with Gasteiger partial charge < -0.3 is 24.3 Å². The molecule has 0 bridgehead atoms. The highest BCUT2D eigenvalue weighted by Gasteiger charge is 2.07. The average Bonchev–Trinajstić information content (AvgIpc) is 2.95. The van der Waals surface area contributed by atoms with Gasteiger partial charge in [-0.3, -0.25) is 0 Å². The van der Waals surface area contributed by atoms with Gasteiger partial charge in [-0.2, -0.15) is 0 Å². The lowest BCUT2D eigenvalue weighted by Crippen LogP contribution is -2.42. The Kier molecular flexibility index (Phi) is 10.2. The lowest BCUT2D eigenvalue weighted by atomic mass is 10.4. The molecule has 21 heavy (non-hydrogen) atoms. The number of hydrogen-bond acceptors (Lipinski definition) is 5. The zero-order chi connectivity index (χ0) is 15.5. The first-order valence-corrected chi connectivity index (χ1v) is 8.40. The average molecular weight is 300 g/mol. The van der Waals surface area contributed by atoms with Crippen LogP contribution in [0.2, 0.25) is 0 Å². The van der Waals surface area contributed by atoms with Crippen LogP contribution in [0.3, 0.4) is 0 Å². The quantitative estimate of drug-likeness (QED) is 0.649. The van der Waals surface area contributed by atoms with E-state index < -0.39 is 0 Å². The molecule has 5 heteroatoms. The Labute approximate surface area is 131 Å². The van der Waals surface area contributed by atoms with E-state index in [9.17, 15) is 0 Å². The van der Waals surface area contributed by atoms with Crippen molar-refractivity contribution in [2.24, 2.45) is 0 Å². The molecule has 0 saturated carbocycles. The van der Waals surface area contributed by atoms with Crippen LogP contribution in [0, 0.1) is 0 Å². The van der Waals surface area contributed by atoms with Crippen molar-refractivity contribution in [3.63, 3.8) is 0 Å². The minimum absolute atomic E-state index is 0.913. The molecular weight excluding hydrogens is 264 g/mol. The van der Waals surface area contributed by atoms with Crippen LogP contribution in [0.1, 0.15) is 12.8 Å². The molecule has 0 N–H and O–H groups in total. The summed E-state index contributed by atoms with van der Waals surface area (Å²) in [6.07, 6.45) is 2.83. The van der Waals surface area contributed by atoms with E-state index in [1.165, 1.54) is 52.1 Å². The second-order valence-electron chi connectivity index (χ2n) is 6.53. The molecule has 0 spiro atoms. The van der Waals surface area contributed by atoms with Crippen LogP contribution in [0.5, 0.6) is 0 Å². The second-order valence-corrected chi connectivity index (χ2v) is 6.53. The maximum atomic E-state index is 5.10. The highest BCUT2D eigenvalue weighted by Crippen LogP contribution is 2.02. The van der Waals surface area contributed by atoms with Crippen molar-refractivity contribution in [1.29, 1.82) is 0 Å². The Bertz CT molecular complexity index is 222. The predicted octanol–water partition coefficient (Wildman–Crippen LogP) is 0.524. The van der Waals surface area contributed by atoms with Crippen molar-refractivity contribution in [3.05, 3.63) is 0 Å². The molecule has 0 atom stereocenters. The van der Waals surface area contributed by atoms with Gasteiger partial charge in [-0.15, -0.1) is 0 Å². The molecule has 0 unspecified atom stereocenters. The molecule has 3 heterocycles. The summed E-state index contributed by atoms with van der Waals surface area (Å²) in [5, 5.41) is 0. The molecule has 3 rings (SSSR count). The Balaban J connectivity index is 0.000000159. The van der Waals surface area contributed by atoms with E-state index in [2.05, 4.69) is 47.8 Å². The maximum Gasteiger partial charge on any atom is 0.0594 e. The third-order valence-electron chi connectivity index (χ3n) is 4.29. The minimum Gasteiger partial charge on any atom is -0.379 e. The monoisotopic (exact) mass is 300 g/mol. The van der Waals surface area contributed by atoms with E-state index in [1.54, 1.807) is 0 Å². The molecule has 3 aliphatic rings. The van der Waals surface area contributed by atoms with Gasteiger partial charge in [0.1, 0.15) is 0 Å². The Hall–Kier alpha value is -0.200. The molecule has 3 fully saturated rings. The van der Waals surface area contributed by atoms with Crippen LogP contribution in [-0.4, -0.2) is 113 Å². The first-order chi connectivity index (χ1) is 10.1. The Morgan fingerprint density at radius 1 is 0.476 bits per heavy atom. The first-order valence-electron chi connectivity index (χ1n) is 8.40. The van der Waals surface area contributed by atoms with Crippen molar-refractivity contribution in [3.8, 4) is 0 Å². The van der Waals surface area contributed by atoms with Crippen LogP contribution >= 0.6 is 0 Å². The van der Waals surface area contributed by atoms with Gasteiger partial charge in [-0.1, -0.05) is 0 Å². The minimum atomic E-state index is 0.913. The molecule has 5 nitrogen and oxygen atoms in total. The zero-order valence-electron chi connectivity index (χ0n) is 14.7. The molecule has 0 aromatic heterocycles. The number of nitrogens with zero attached hydrogens (tertiary/aromatic N) is 4. The van der Waals surface area contributed by atoms with Crippen LogP contribution in [-0.2, 0) is 4.74 Å². The topological polar surface area (TPSA) is 22.2 Å².